The summed E-state index contributed by atoms with van der Waals surface area (Å²) in [4.78, 5) is 47.8. The first-order valence-electron chi connectivity index (χ1n) is 8.81. The Balaban J connectivity index is 1.38. The van der Waals surface area contributed by atoms with Gasteiger partial charge in [-0.15, -0.1) is 0 Å². The standard InChI is InChI=1S/C19H20N4O5/c24-16(4-1-9-23-17(25)12-21-19(23)27)20-11-13-5-7-14(8-6-13)22-18(26)15-3-2-10-28-15/h2-3,5-8,10H,1,4,9,11-12H2,(H,20,24)(H,21,27)(H,22,26). The second kappa shape index (κ2) is 8.85. The number of anilines is 1. The van der Waals surface area contributed by atoms with Crippen LogP contribution in [-0.4, -0.2) is 41.7 Å². The van der Waals surface area contributed by atoms with E-state index in [1.807, 2.05) is 0 Å². The molecule has 0 unspecified atom stereocenters. The third-order valence-corrected chi connectivity index (χ3v) is 4.17. The third-order valence-electron chi connectivity index (χ3n) is 4.17. The Kier molecular flexibility index (Phi) is 6.05. The Morgan fingerprint density at radius 2 is 1.93 bits per heavy atom. The predicted molar refractivity (Wildman–Crippen MR) is 99.3 cm³/mol. The van der Waals surface area contributed by atoms with Crippen molar-refractivity contribution >= 4 is 29.4 Å². The Morgan fingerprint density at radius 3 is 2.57 bits per heavy atom. The molecule has 2 aromatic rings. The molecule has 3 N–H and O–H groups in total. The first kappa shape index (κ1) is 19.2. The molecule has 1 aromatic heterocycles. The number of nitrogens with zero attached hydrogens (tertiary/aromatic N) is 1. The van der Waals surface area contributed by atoms with Crippen LogP contribution in [0.5, 0.6) is 0 Å². The summed E-state index contributed by atoms with van der Waals surface area (Å²) >= 11 is 0. The summed E-state index contributed by atoms with van der Waals surface area (Å²) < 4.78 is 5.03. The van der Waals surface area contributed by atoms with Gasteiger partial charge >= 0.3 is 6.03 Å². The average molecular weight is 384 g/mol. The molecular formula is C19H20N4O5. The Bertz CT molecular complexity index is 845. The van der Waals surface area contributed by atoms with Gasteiger partial charge in [-0.05, 0) is 36.2 Å². The quantitative estimate of drug-likeness (QED) is 0.595. The first-order valence-corrected chi connectivity index (χ1v) is 8.81. The van der Waals surface area contributed by atoms with Crippen LogP contribution in [0.3, 0.4) is 0 Å². The zero-order valence-corrected chi connectivity index (χ0v) is 15.1. The molecule has 0 saturated carbocycles. The molecule has 0 aliphatic carbocycles. The number of amides is 5. The molecule has 0 bridgehead atoms. The van der Waals surface area contributed by atoms with Crippen LogP contribution in [0.2, 0.25) is 0 Å². The third kappa shape index (κ3) is 4.97. The van der Waals surface area contributed by atoms with Crippen LogP contribution < -0.4 is 16.0 Å². The minimum absolute atomic E-state index is 0.0169. The summed E-state index contributed by atoms with van der Waals surface area (Å²) in [5.41, 5.74) is 1.49. The van der Waals surface area contributed by atoms with Crippen LogP contribution in [0.25, 0.3) is 0 Å². The molecule has 1 fully saturated rings. The molecule has 1 saturated heterocycles. The molecule has 5 amide bonds. The van der Waals surface area contributed by atoms with Crippen molar-refractivity contribution in [3.05, 3.63) is 54.0 Å². The number of carbonyl (C=O) groups is 4. The van der Waals surface area contributed by atoms with Gasteiger partial charge in [-0.3, -0.25) is 19.3 Å². The van der Waals surface area contributed by atoms with Crippen LogP contribution in [0, 0.1) is 0 Å². The number of imide groups is 1. The topological polar surface area (TPSA) is 121 Å². The number of nitrogens with one attached hydrogen (secondary N) is 3. The molecule has 1 aromatic carbocycles. The summed E-state index contributed by atoms with van der Waals surface area (Å²) in [6.45, 7) is 0.583. The fourth-order valence-corrected chi connectivity index (χ4v) is 2.67. The molecule has 1 aliphatic heterocycles. The summed E-state index contributed by atoms with van der Waals surface area (Å²) in [5.74, 6) is -0.549. The van der Waals surface area contributed by atoms with E-state index < -0.39 is 6.03 Å². The van der Waals surface area contributed by atoms with Crippen LogP contribution in [0.4, 0.5) is 10.5 Å². The fourth-order valence-electron chi connectivity index (χ4n) is 2.67. The van der Waals surface area contributed by atoms with Crippen LogP contribution in [0.1, 0.15) is 29.0 Å². The van der Waals surface area contributed by atoms with Crippen LogP contribution in [-0.2, 0) is 16.1 Å². The van der Waals surface area contributed by atoms with Crippen LogP contribution in [0.15, 0.2) is 47.1 Å². The van der Waals surface area contributed by atoms with Gasteiger partial charge in [0.1, 0.15) is 0 Å². The minimum Gasteiger partial charge on any atom is -0.459 e. The lowest BCUT2D eigenvalue weighted by Crippen LogP contribution is -2.32. The van der Waals surface area contributed by atoms with Gasteiger partial charge < -0.3 is 20.4 Å². The molecule has 2 heterocycles. The van der Waals surface area contributed by atoms with Crippen molar-refractivity contribution in [2.75, 3.05) is 18.4 Å². The van der Waals surface area contributed by atoms with Crippen molar-refractivity contribution < 1.29 is 23.6 Å². The van der Waals surface area contributed by atoms with E-state index in [-0.39, 0.29) is 43.0 Å². The van der Waals surface area contributed by atoms with E-state index in [4.69, 9.17) is 4.42 Å². The lowest BCUT2D eigenvalue weighted by Gasteiger charge is -2.12. The highest BCUT2D eigenvalue weighted by Gasteiger charge is 2.27. The molecule has 1 aliphatic rings. The van der Waals surface area contributed by atoms with Crippen LogP contribution >= 0.6 is 0 Å². The summed E-state index contributed by atoms with van der Waals surface area (Å²) in [6.07, 6.45) is 2.05. The average Bonchev–Trinajstić information content (AvgIpc) is 3.33. The van der Waals surface area contributed by atoms with E-state index in [9.17, 15) is 19.2 Å². The molecule has 9 heteroatoms. The van der Waals surface area contributed by atoms with E-state index in [1.54, 1.807) is 36.4 Å². The smallest absolute Gasteiger partial charge is 0.324 e. The lowest BCUT2D eigenvalue weighted by atomic mass is 10.2. The number of urea groups is 1. The maximum atomic E-state index is 11.9. The summed E-state index contributed by atoms with van der Waals surface area (Å²) in [6, 6.07) is 9.87. The number of rotatable bonds is 8. The highest BCUT2D eigenvalue weighted by Crippen LogP contribution is 2.12. The van der Waals surface area contributed by atoms with Gasteiger partial charge in [0.05, 0.1) is 12.8 Å². The first-order chi connectivity index (χ1) is 13.5. The normalized spacial score (nSPS) is 13.4. The predicted octanol–water partition coefficient (Wildman–Crippen LogP) is 1.48. The minimum atomic E-state index is -0.412. The summed E-state index contributed by atoms with van der Waals surface area (Å²) in [7, 11) is 0. The maximum absolute atomic E-state index is 11.9. The van der Waals surface area contributed by atoms with E-state index >= 15 is 0 Å². The van der Waals surface area contributed by atoms with Crippen molar-refractivity contribution in [2.45, 2.75) is 19.4 Å². The van der Waals surface area contributed by atoms with E-state index in [1.165, 1.54) is 6.26 Å². The van der Waals surface area contributed by atoms with E-state index in [0.29, 0.717) is 18.7 Å². The number of benzene rings is 1. The molecule has 0 atom stereocenters. The van der Waals surface area contributed by atoms with Gasteiger partial charge in [-0.25, -0.2) is 4.79 Å². The van der Waals surface area contributed by atoms with Crippen molar-refractivity contribution in [1.82, 2.24) is 15.5 Å². The zero-order valence-electron chi connectivity index (χ0n) is 15.1. The van der Waals surface area contributed by atoms with Gasteiger partial charge in [0.2, 0.25) is 11.8 Å². The van der Waals surface area contributed by atoms with E-state index in [2.05, 4.69) is 16.0 Å². The monoisotopic (exact) mass is 384 g/mol. The van der Waals surface area contributed by atoms with Gasteiger partial charge in [-0.2, -0.15) is 0 Å². The lowest BCUT2D eigenvalue weighted by molar-refractivity contribution is -0.126. The molecule has 146 valence electrons. The molecule has 28 heavy (non-hydrogen) atoms. The Hall–Kier alpha value is -3.62. The second-order valence-corrected chi connectivity index (χ2v) is 6.21. The molecule has 0 spiro atoms. The zero-order chi connectivity index (χ0) is 19.9. The number of furan rings is 1. The number of carbonyl (C=O) groups excluding carboxylic acids is 4. The van der Waals surface area contributed by atoms with Crippen molar-refractivity contribution in [2.24, 2.45) is 0 Å². The SMILES string of the molecule is O=C(CCCN1C(=O)CNC1=O)NCc1ccc(NC(=O)c2ccco2)cc1. The number of hydrogen-bond acceptors (Lipinski definition) is 5. The van der Waals surface area contributed by atoms with Gasteiger partial charge in [0, 0.05) is 25.2 Å². The Morgan fingerprint density at radius 1 is 1.14 bits per heavy atom. The highest BCUT2D eigenvalue weighted by atomic mass is 16.3. The molecule has 3 rings (SSSR count). The van der Waals surface area contributed by atoms with Gasteiger partial charge in [-0.1, -0.05) is 12.1 Å². The van der Waals surface area contributed by atoms with E-state index in [0.717, 1.165) is 10.5 Å². The summed E-state index contributed by atoms with van der Waals surface area (Å²) in [5, 5.41) is 7.93. The molecular weight excluding hydrogens is 364 g/mol. The second-order valence-electron chi connectivity index (χ2n) is 6.21. The van der Waals surface area contributed by atoms with Gasteiger partial charge in [0.25, 0.3) is 5.91 Å². The number of hydrogen-bond donors (Lipinski definition) is 3. The maximum Gasteiger partial charge on any atom is 0.324 e. The Labute approximate surface area is 161 Å². The van der Waals surface area contributed by atoms with Crippen molar-refractivity contribution in [1.29, 1.82) is 0 Å². The molecule has 0 radical (unpaired) electrons. The van der Waals surface area contributed by atoms with Crippen molar-refractivity contribution in [3.8, 4) is 0 Å². The highest BCUT2D eigenvalue weighted by molar-refractivity contribution is 6.02. The fraction of sp³-hybridized carbons (Fsp3) is 0.263. The van der Waals surface area contributed by atoms with Gasteiger partial charge in [0.15, 0.2) is 5.76 Å². The largest absolute Gasteiger partial charge is 0.459 e. The molecule has 9 nitrogen and oxygen atoms in total. The van der Waals surface area contributed by atoms with Crippen molar-refractivity contribution in [3.63, 3.8) is 0 Å².